The molecule has 6 rings (SSSR count). The molecule has 4 aromatic heterocycles. The van der Waals surface area contributed by atoms with Gasteiger partial charge < -0.3 is 11.5 Å². The number of anilines is 1. The molecule has 0 unspecified atom stereocenters. The number of aryl methyl sites for hydroxylation is 2. The molecule has 0 aliphatic heterocycles. The van der Waals surface area contributed by atoms with E-state index in [1.165, 1.54) is 0 Å². The SMILES string of the molecule is CCc1cc2cccc(C#Cc3ccn(C)n3)c2c(=O)n1-c1ccccc1.NC(=O)c1c(N)ncc2cccnc12. The van der Waals surface area contributed by atoms with Crippen LogP contribution in [0.3, 0.4) is 0 Å². The third-order valence-corrected chi connectivity index (χ3v) is 6.46. The van der Waals surface area contributed by atoms with Gasteiger partial charge in [0.05, 0.1) is 10.9 Å². The van der Waals surface area contributed by atoms with E-state index in [2.05, 4.69) is 39.9 Å². The maximum absolute atomic E-state index is 13.4. The summed E-state index contributed by atoms with van der Waals surface area (Å²) in [5, 5.41) is 6.58. The Morgan fingerprint density at radius 1 is 0.951 bits per heavy atom. The van der Waals surface area contributed by atoms with Gasteiger partial charge >= 0.3 is 0 Å². The van der Waals surface area contributed by atoms with Gasteiger partial charge in [0.25, 0.3) is 11.5 Å². The first-order valence-corrected chi connectivity index (χ1v) is 12.9. The number of fused-ring (bicyclic) bond motifs is 2. The number of hydrogen-bond acceptors (Lipinski definition) is 6. The normalized spacial score (nSPS) is 10.5. The number of pyridine rings is 3. The predicted molar refractivity (Wildman–Crippen MR) is 161 cm³/mol. The lowest BCUT2D eigenvalue weighted by atomic mass is 10.0. The Morgan fingerprint density at radius 2 is 1.73 bits per heavy atom. The van der Waals surface area contributed by atoms with E-state index in [-0.39, 0.29) is 16.9 Å². The Kier molecular flexibility index (Phi) is 7.56. The minimum atomic E-state index is -0.612. The van der Waals surface area contributed by atoms with Crippen molar-refractivity contribution in [3.8, 4) is 17.5 Å². The second-order valence-electron chi connectivity index (χ2n) is 9.18. The van der Waals surface area contributed by atoms with Crippen LogP contribution in [0, 0.1) is 11.8 Å². The molecule has 4 heterocycles. The van der Waals surface area contributed by atoms with Gasteiger partial charge in [0.2, 0.25) is 0 Å². The highest BCUT2D eigenvalue weighted by atomic mass is 16.1. The van der Waals surface area contributed by atoms with Crippen LogP contribution >= 0.6 is 0 Å². The van der Waals surface area contributed by atoms with Gasteiger partial charge in [0.15, 0.2) is 0 Å². The van der Waals surface area contributed by atoms with E-state index in [4.69, 9.17) is 11.5 Å². The summed E-state index contributed by atoms with van der Waals surface area (Å²) in [5.41, 5.74) is 14.6. The lowest BCUT2D eigenvalue weighted by molar-refractivity contribution is 0.100. The molecule has 0 bridgehead atoms. The molecule has 0 radical (unpaired) electrons. The van der Waals surface area contributed by atoms with Gasteiger partial charge in [-0.05, 0) is 60.2 Å². The highest BCUT2D eigenvalue weighted by molar-refractivity contribution is 6.08. The predicted octanol–water partition coefficient (Wildman–Crippen LogP) is 4.00. The monoisotopic (exact) mass is 541 g/mol. The number of nitrogen functional groups attached to an aromatic ring is 1. The molecule has 9 heteroatoms. The second kappa shape index (κ2) is 11.6. The van der Waals surface area contributed by atoms with Gasteiger partial charge in [0.1, 0.15) is 17.1 Å². The van der Waals surface area contributed by atoms with E-state index in [9.17, 15) is 9.59 Å². The van der Waals surface area contributed by atoms with Gasteiger partial charge in [-0.25, -0.2) is 4.98 Å². The molecular weight excluding hydrogens is 514 g/mol. The molecule has 1 amide bonds. The Bertz CT molecular complexity index is 2020. The molecule has 0 aliphatic rings. The molecule has 6 aromatic rings. The Balaban J connectivity index is 0.000000202. The average molecular weight is 542 g/mol. The van der Waals surface area contributed by atoms with Gasteiger partial charge in [-0.1, -0.05) is 43.2 Å². The van der Waals surface area contributed by atoms with Crippen molar-refractivity contribution in [3.63, 3.8) is 0 Å². The number of amides is 1. The van der Waals surface area contributed by atoms with Crippen LogP contribution in [0.25, 0.3) is 27.4 Å². The van der Waals surface area contributed by atoms with Crippen molar-refractivity contribution in [3.05, 3.63) is 124 Å². The van der Waals surface area contributed by atoms with Gasteiger partial charge in [-0.3, -0.25) is 23.8 Å². The summed E-state index contributed by atoms with van der Waals surface area (Å²) in [7, 11) is 1.86. The van der Waals surface area contributed by atoms with Crippen molar-refractivity contribution in [2.75, 3.05) is 5.73 Å². The second-order valence-corrected chi connectivity index (χ2v) is 9.18. The fourth-order valence-corrected chi connectivity index (χ4v) is 4.55. The number of para-hydroxylation sites is 1. The minimum absolute atomic E-state index is 0.0403. The molecule has 4 N–H and O–H groups in total. The van der Waals surface area contributed by atoms with E-state index < -0.39 is 5.91 Å². The van der Waals surface area contributed by atoms with Crippen molar-refractivity contribution < 1.29 is 4.79 Å². The van der Waals surface area contributed by atoms with Gasteiger partial charge in [0, 0.05) is 48.0 Å². The number of hydrogen-bond donors (Lipinski definition) is 2. The highest BCUT2D eigenvalue weighted by Gasteiger charge is 2.13. The quantitative estimate of drug-likeness (QED) is 0.325. The lowest BCUT2D eigenvalue weighted by Crippen LogP contribution is -2.22. The number of rotatable bonds is 3. The maximum Gasteiger partial charge on any atom is 0.264 e. The van der Waals surface area contributed by atoms with E-state index in [1.807, 2.05) is 67.8 Å². The zero-order chi connectivity index (χ0) is 28.9. The maximum atomic E-state index is 13.4. The number of benzene rings is 2. The zero-order valence-electron chi connectivity index (χ0n) is 22.6. The summed E-state index contributed by atoms with van der Waals surface area (Å²) < 4.78 is 3.50. The summed E-state index contributed by atoms with van der Waals surface area (Å²) in [6, 6.07) is 23.0. The van der Waals surface area contributed by atoms with Gasteiger partial charge in [-0.15, -0.1) is 0 Å². The smallest absolute Gasteiger partial charge is 0.264 e. The molecule has 0 saturated carbocycles. The van der Waals surface area contributed by atoms with Crippen LogP contribution < -0.4 is 17.0 Å². The van der Waals surface area contributed by atoms with Crippen LogP contribution in [0.1, 0.15) is 34.2 Å². The number of carbonyl (C=O) groups excluding carboxylic acids is 1. The highest BCUT2D eigenvalue weighted by Crippen LogP contribution is 2.20. The summed E-state index contributed by atoms with van der Waals surface area (Å²) in [5.74, 6) is 5.70. The molecule has 0 aliphatic carbocycles. The summed E-state index contributed by atoms with van der Waals surface area (Å²) in [6.07, 6.45) is 5.76. The summed E-state index contributed by atoms with van der Waals surface area (Å²) in [6.45, 7) is 2.06. The molecule has 2 aromatic carbocycles. The van der Waals surface area contributed by atoms with Crippen LogP contribution in [0.2, 0.25) is 0 Å². The number of nitrogens with two attached hydrogens (primary N) is 2. The fraction of sp³-hybridized carbons (Fsp3) is 0.0938. The van der Waals surface area contributed by atoms with E-state index in [0.717, 1.165) is 34.1 Å². The standard InChI is InChI=1S/C23H19N3O.C9H8N4O/c1-3-20-16-18-9-7-8-17(12-13-19-14-15-25(2)24-19)22(18)23(27)26(20)21-10-5-4-6-11-21;10-8-6(9(11)14)7-5(4-13-8)2-1-3-12-7/h4-11,14-16H,3H2,1-2H3;1-4H,(H2,10,13)(H2,11,14). The molecule has 0 spiro atoms. The van der Waals surface area contributed by atoms with Gasteiger partial charge in [-0.2, -0.15) is 5.10 Å². The molecular formula is C32H27N7O2. The van der Waals surface area contributed by atoms with E-state index in [1.54, 1.807) is 33.8 Å². The number of carbonyl (C=O) groups is 1. The summed E-state index contributed by atoms with van der Waals surface area (Å²) >= 11 is 0. The topological polar surface area (TPSA) is 135 Å². The van der Waals surface area contributed by atoms with Crippen molar-refractivity contribution in [1.82, 2.24) is 24.3 Å². The van der Waals surface area contributed by atoms with Crippen molar-refractivity contribution >= 4 is 33.4 Å². The van der Waals surface area contributed by atoms with Crippen LogP contribution in [0.5, 0.6) is 0 Å². The fourth-order valence-electron chi connectivity index (χ4n) is 4.55. The average Bonchev–Trinajstić information content (AvgIpc) is 3.41. The lowest BCUT2D eigenvalue weighted by Gasteiger charge is -2.14. The molecule has 41 heavy (non-hydrogen) atoms. The van der Waals surface area contributed by atoms with Crippen molar-refractivity contribution in [2.24, 2.45) is 12.8 Å². The molecule has 0 atom stereocenters. The van der Waals surface area contributed by atoms with Crippen LogP contribution in [0.4, 0.5) is 5.82 Å². The summed E-state index contributed by atoms with van der Waals surface area (Å²) in [4.78, 5) is 32.4. The van der Waals surface area contributed by atoms with Crippen molar-refractivity contribution in [2.45, 2.75) is 13.3 Å². The number of aromatic nitrogens is 5. The first kappa shape index (κ1) is 26.8. The zero-order valence-corrected chi connectivity index (χ0v) is 22.6. The third kappa shape index (κ3) is 5.53. The molecule has 9 nitrogen and oxygen atoms in total. The molecule has 0 saturated heterocycles. The number of primary amides is 1. The van der Waals surface area contributed by atoms with E-state index >= 15 is 0 Å². The Hall–Kier alpha value is -5.75. The van der Waals surface area contributed by atoms with E-state index in [0.29, 0.717) is 16.6 Å². The van der Waals surface area contributed by atoms with Crippen LogP contribution in [-0.2, 0) is 13.5 Å². The first-order chi connectivity index (χ1) is 19.9. The minimum Gasteiger partial charge on any atom is -0.383 e. The number of nitrogens with zero attached hydrogens (tertiary/aromatic N) is 5. The van der Waals surface area contributed by atoms with Crippen LogP contribution in [0.15, 0.2) is 96.2 Å². The first-order valence-electron chi connectivity index (χ1n) is 12.9. The van der Waals surface area contributed by atoms with Crippen LogP contribution in [-0.4, -0.2) is 30.2 Å². The third-order valence-electron chi connectivity index (χ3n) is 6.46. The molecule has 202 valence electrons. The Labute approximate surface area is 236 Å². The van der Waals surface area contributed by atoms with Crippen molar-refractivity contribution in [1.29, 1.82) is 0 Å². The largest absolute Gasteiger partial charge is 0.383 e. The molecule has 0 fully saturated rings. The Morgan fingerprint density at radius 3 is 2.44 bits per heavy atom.